The van der Waals surface area contributed by atoms with Crippen LogP contribution in [0.1, 0.15) is 32.0 Å². The molecule has 0 aliphatic heterocycles. The average molecular weight is 346 g/mol. The van der Waals surface area contributed by atoms with Gasteiger partial charge in [-0.1, -0.05) is 48.5 Å². The first-order valence-corrected chi connectivity index (χ1v) is 8.91. The molecule has 3 rings (SSSR count). The predicted octanol–water partition coefficient (Wildman–Crippen LogP) is 5.33. The third-order valence-electron chi connectivity index (χ3n) is 3.84. The zero-order chi connectivity index (χ0) is 18.6. The Bertz CT molecular complexity index is 839. The maximum absolute atomic E-state index is 4.80. The fourth-order valence-corrected chi connectivity index (χ4v) is 2.77. The number of rotatable bonds is 5. The van der Waals surface area contributed by atoms with E-state index in [1.165, 1.54) is 5.56 Å². The Morgan fingerprint density at radius 3 is 2.12 bits per heavy atom. The summed E-state index contributed by atoms with van der Waals surface area (Å²) in [5.74, 6) is 1.54. The molecule has 1 N–H and O–H groups in total. The molecule has 26 heavy (non-hydrogen) atoms. The Hall–Kier alpha value is -2.88. The van der Waals surface area contributed by atoms with Gasteiger partial charge in [0.15, 0.2) is 0 Å². The van der Waals surface area contributed by atoms with E-state index in [0.29, 0.717) is 12.5 Å². The smallest absolute Gasteiger partial charge is 0.232 e. The minimum atomic E-state index is -0.0604. The highest BCUT2D eigenvalue weighted by Gasteiger charge is 2.17. The van der Waals surface area contributed by atoms with E-state index in [9.17, 15) is 0 Å². The first-order chi connectivity index (χ1) is 12.4. The largest absolute Gasteiger partial charge is 0.365 e. The summed E-state index contributed by atoms with van der Waals surface area (Å²) in [6.07, 6.45) is 0. The van der Waals surface area contributed by atoms with Crippen LogP contribution in [-0.4, -0.2) is 15.5 Å². The second-order valence-corrected chi connectivity index (χ2v) is 7.48. The normalized spacial score (nSPS) is 11.2. The number of nitrogens with one attached hydrogen (secondary N) is 1. The molecule has 3 aromatic rings. The molecule has 4 heteroatoms. The van der Waals surface area contributed by atoms with Crippen LogP contribution in [0.15, 0.2) is 66.7 Å². The second-order valence-electron chi connectivity index (χ2n) is 7.48. The van der Waals surface area contributed by atoms with Crippen molar-refractivity contribution in [3.05, 3.63) is 78.0 Å². The summed E-state index contributed by atoms with van der Waals surface area (Å²) in [7, 11) is 0. The van der Waals surface area contributed by atoms with Crippen LogP contribution in [0.5, 0.6) is 0 Å². The van der Waals surface area contributed by atoms with Crippen molar-refractivity contribution in [2.24, 2.45) is 0 Å². The van der Waals surface area contributed by atoms with Gasteiger partial charge >= 0.3 is 0 Å². The Kier molecular flexibility index (Phi) is 5.21. The molecular formula is C22H26N4. The van der Waals surface area contributed by atoms with Crippen molar-refractivity contribution in [2.45, 2.75) is 39.8 Å². The number of hydrogen-bond donors (Lipinski definition) is 1. The molecule has 0 saturated heterocycles. The predicted molar refractivity (Wildman–Crippen MR) is 109 cm³/mol. The average Bonchev–Trinajstić information content (AvgIpc) is 2.59. The Labute approximate surface area is 155 Å². The highest BCUT2D eigenvalue weighted by Crippen LogP contribution is 2.26. The van der Waals surface area contributed by atoms with Crippen LogP contribution in [0, 0.1) is 6.92 Å². The number of para-hydroxylation sites is 1. The number of hydrogen-bond acceptors (Lipinski definition) is 4. The molecule has 0 aliphatic rings. The van der Waals surface area contributed by atoms with Gasteiger partial charge < -0.3 is 10.2 Å². The minimum Gasteiger partial charge on any atom is -0.365 e. The van der Waals surface area contributed by atoms with Crippen molar-refractivity contribution in [1.29, 1.82) is 0 Å². The Balaban J connectivity index is 2.01. The molecule has 0 atom stereocenters. The number of benzene rings is 2. The fraction of sp³-hybridized carbons (Fsp3) is 0.273. The molecule has 0 fully saturated rings. The van der Waals surface area contributed by atoms with E-state index in [0.717, 1.165) is 17.2 Å². The van der Waals surface area contributed by atoms with Crippen molar-refractivity contribution in [3.8, 4) is 0 Å². The first-order valence-electron chi connectivity index (χ1n) is 8.91. The van der Waals surface area contributed by atoms with E-state index in [1.54, 1.807) is 0 Å². The zero-order valence-corrected chi connectivity index (χ0v) is 15.9. The molecule has 2 aromatic carbocycles. The van der Waals surface area contributed by atoms with Gasteiger partial charge in [0.2, 0.25) is 5.95 Å². The van der Waals surface area contributed by atoms with Crippen molar-refractivity contribution in [1.82, 2.24) is 9.97 Å². The zero-order valence-electron chi connectivity index (χ0n) is 15.9. The van der Waals surface area contributed by atoms with Crippen LogP contribution in [0.25, 0.3) is 0 Å². The quantitative estimate of drug-likeness (QED) is 0.677. The summed E-state index contributed by atoms with van der Waals surface area (Å²) in [6.45, 7) is 9.10. The van der Waals surface area contributed by atoms with Crippen molar-refractivity contribution < 1.29 is 0 Å². The summed E-state index contributed by atoms with van der Waals surface area (Å²) in [6, 6.07) is 22.7. The first kappa shape index (κ1) is 17.9. The highest BCUT2D eigenvalue weighted by atomic mass is 15.3. The Morgan fingerprint density at radius 2 is 1.50 bits per heavy atom. The summed E-state index contributed by atoms with van der Waals surface area (Å²) in [5.41, 5.74) is 3.17. The standard InChI is InChI=1S/C22H26N4/c1-17-15-20(25-22(2,3)4)24-21(23-17)26(19-13-9-6-10-14-19)16-18-11-7-5-8-12-18/h5-15H,16H2,1-4H3,(H,23,24,25). The summed E-state index contributed by atoms with van der Waals surface area (Å²) >= 11 is 0. The molecule has 0 unspecified atom stereocenters. The van der Waals surface area contributed by atoms with Crippen molar-refractivity contribution in [2.75, 3.05) is 10.2 Å². The maximum Gasteiger partial charge on any atom is 0.232 e. The van der Waals surface area contributed by atoms with E-state index < -0.39 is 0 Å². The van der Waals surface area contributed by atoms with Gasteiger partial charge in [0.05, 0.1) is 6.54 Å². The summed E-state index contributed by atoms with van der Waals surface area (Å²) < 4.78 is 0. The van der Waals surface area contributed by atoms with Crippen LogP contribution in [0.2, 0.25) is 0 Å². The molecule has 0 aliphatic carbocycles. The van der Waals surface area contributed by atoms with Gasteiger partial charge in [-0.2, -0.15) is 4.98 Å². The third-order valence-corrected chi connectivity index (χ3v) is 3.84. The number of aryl methyl sites for hydroxylation is 1. The van der Waals surface area contributed by atoms with E-state index >= 15 is 0 Å². The SMILES string of the molecule is Cc1cc(NC(C)(C)C)nc(N(Cc2ccccc2)c2ccccc2)n1. The van der Waals surface area contributed by atoms with Crippen molar-refractivity contribution in [3.63, 3.8) is 0 Å². The number of nitrogens with zero attached hydrogens (tertiary/aromatic N) is 3. The van der Waals surface area contributed by atoms with Crippen LogP contribution < -0.4 is 10.2 Å². The van der Waals surface area contributed by atoms with E-state index in [2.05, 4.69) is 67.4 Å². The van der Waals surface area contributed by atoms with Crippen LogP contribution in [-0.2, 0) is 6.54 Å². The lowest BCUT2D eigenvalue weighted by Gasteiger charge is -2.26. The van der Waals surface area contributed by atoms with Gasteiger partial charge in [-0.3, -0.25) is 0 Å². The van der Waals surface area contributed by atoms with Crippen LogP contribution in [0.3, 0.4) is 0 Å². The molecule has 1 heterocycles. The third kappa shape index (κ3) is 4.82. The molecule has 0 amide bonds. The molecule has 4 nitrogen and oxygen atoms in total. The topological polar surface area (TPSA) is 41.1 Å². The molecule has 0 saturated carbocycles. The number of aromatic nitrogens is 2. The number of anilines is 3. The molecule has 0 spiro atoms. The van der Waals surface area contributed by atoms with Gasteiger partial charge in [0, 0.05) is 23.0 Å². The molecule has 0 bridgehead atoms. The molecule has 134 valence electrons. The van der Waals surface area contributed by atoms with Gasteiger partial charge in [0.1, 0.15) is 5.82 Å². The van der Waals surface area contributed by atoms with Crippen LogP contribution >= 0.6 is 0 Å². The lowest BCUT2D eigenvalue weighted by Crippen LogP contribution is -2.27. The lowest BCUT2D eigenvalue weighted by atomic mass is 10.1. The van der Waals surface area contributed by atoms with Gasteiger partial charge in [-0.05, 0) is 45.4 Å². The van der Waals surface area contributed by atoms with E-state index in [4.69, 9.17) is 9.97 Å². The summed E-state index contributed by atoms with van der Waals surface area (Å²) in [5, 5.41) is 3.45. The highest BCUT2D eigenvalue weighted by molar-refractivity contribution is 5.59. The minimum absolute atomic E-state index is 0.0604. The van der Waals surface area contributed by atoms with E-state index in [1.807, 2.05) is 37.3 Å². The molecule has 0 radical (unpaired) electrons. The molecular weight excluding hydrogens is 320 g/mol. The van der Waals surface area contributed by atoms with Crippen LogP contribution in [0.4, 0.5) is 17.5 Å². The van der Waals surface area contributed by atoms with Gasteiger partial charge in [-0.25, -0.2) is 4.98 Å². The summed E-state index contributed by atoms with van der Waals surface area (Å²) in [4.78, 5) is 11.7. The van der Waals surface area contributed by atoms with E-state index in [-0.39, 0.29) is 5.54 Å². The van der Waals surface area contributed by atoms with Gasteiger partial charge in [0.25, 0.3) is 0 Å². The fourth-order valence-electron chi connectivity index (χ4n) is 2.77. The lowest BCUT2D eigenvalue weighted by molar-refractivity contribution is 0.629. The maximum atomic E-state index is 4.80. The van der Waals surface area contributed by atoms with Gasteiger partial charge in [-0.15, -0.1) is 0 Å². The monoisotopic (exact) mass is 346 g/mol. The molecule has 1 aromatic heterocycles. The Morgan fingerprint density at radius 1 is 0.885 bits per heavy atom. The van der Waals surface area contributed by atoms with Crippen molar-refractivity contribution >= 4 is 17.5 Å². The second kappa shape index (κ2) is 7.56.